The molecule has 0 spiro atoms. The van der Waals surface area contributed by atoms with Gasteiger partial charge < -0.3 is 4.90 Å². The summed E-state index contributed by atoms with van der Waals surface area (Å²) in [7, 11) is 0. The van der Waals surface area contributed by atoms with Crippen molar-refractivity contribution in [3.8, 4) is 5.69 Å². The molecule has 6 nitrogen and oxygen atoms in total. The van der Waals surface area contributed by atoms with Crippen LogP contribution in [0.15, 0.2) is 34.8 Å². The number of fused-ring (bicyclic) bond motifs is 1. The van der Waals surface area contributed by atoms with Crippen LogP contribution in [0, 0.1) is 13.8 Å². The fourth-order valence-corrected chi connectivity index (χ4v) is 4.74. The number of benzene rings is 1. The summed E-state index contributed by atoms with van der Waals surface area (Å²) in [6.45, 7) is 5.61. The fraction of sp³-hybridized carbons (Fsp3) is 0.333. The standard InChI is InChI=1S/C18H19N5OS2/c1-12-4-3-5-15(13(12)2)23-18(19-20-21-23)26-11-17(24)22-8-6-16-14(10-22)7-9-25-16/h3-5,7,9H,6,8,10-11H2,1-2H3. The van der Waals surface area contributed by atoms with Gasteiger partial charge in [-0.15, -0.1) is 16.4 Å². The molecule has 0 saturated heterocycles. The smallest absolute Gasteiger partial charge is 0.233 e. The lowest BCUT2D eigenvalue weighted by atomic mass is 10.1. The lowest BCUT2D eigenvalue weighted by molar-refractivity contribution is -0.129. The van der Waals surface area contributed by atoms with E-state index in [-0.39, 0.29) is 5.91 Å². The monoisotopic (exact) mass is 385 g/mol. The van der Waals surface area contributed by atoms with Crippen molar-refractivity contribution in [1.82, 2.24) is 25.1 Å². The van der Waals surface area contributed by atoms with Gasteiger partial charge in [-0.2, -0.15) is 4.68 Å². The molecule has 0 radical (unpaired) electrons. The van der Waals surface area contributed by atoms with Crippen LogP contribution in [0.1, 0.15) is 21.6 Å². The number of carbonyl (C=O) groups excluding carboxylic acids is 1. The summed E-state index contributed by atoms with van der Waals surface area (Å²) in [6.07, 6.45) is 0.948. The number of nitrogens with zero attached hydrogens (tertiary/aromatic N) is 5. The zero-order valence-corrected chi connectivity index (χ0v) is 16.3. The number of tetrazole rings is 1. The molecule has 1 aliphatic heterocycles. The van der Waals surface area contributed by atoms with E-state index >= 15 is 0 Å². The summed E-state index contributed by atoms with van der Waals surface area (Å²) in [5.74, 6) is 0.465. The zero-order chi connectivity index (χ0) is 18.1. The Morgan fingerprint density at radius 1 is 1.31 bits per heavy atom. The first-order valence-corrected chi connectivity index (χ1v) is 10.3. The number of hydrogen-bond acceptors (Lipinski definition) is 6. The van der Waals surface area contributed by atoms with Crippen molar-refractivity contribution in [2.45, 2.75) is 32.0 Å². The average molecular weight is 386 g/mol. The highest BCUT2D eigenvalue weighted by Gasteiger charge is 2.22. The second-order valence-corrected chi connectivity index (χ2v) is 8.26. The van der Waals surface area contributed by atoms with Crippen LogP contribution in [0.3, 0.4) is 0 Å². The molecule has 0 atom stereocenters. The van der Waals surface area contributed by atoms with Crippen molar-refractivity contribution >= 4 is 29.0 Å². The van der Waals surface area contributed by atoms with Crippen LogP contribution < -0.4 is 0 Å². The van der Waals surface area contributed by atoms with E-state index in [1.165, 1.54) is 27.8 Å². The molecule has 1 amide bonds. The number of carbonyl (C=O) groups is 1. The summed E-state index contributed by atoms with van der Waals surface area (Å²) in [5, 5.41) is 14.8. The number of hydrogen-bond donors (Lipinski definition) is 0. The Balaban J connectivity index is 1.45. The third kappa shape index (κ3) is 3.26. The third-order valence-electron chi connectivity index (χ3n) is 4.73. The van der Waals surface area contributed by atoms with Crippen LogP contribution >= 0.6 is 23.1 Å². The van der Waals surface area contributed by atoms with Crippen LogP contribution in [0.2, 0.25) is 0 Å². The van der Waals surface area contributed by atoms with Crippen LogP contribution in [-0.4, -0.2) is 43.3 Å². The van der Waals surface area contributed by atoms with E-state index in [1.54, 1.807) is 16.0 Å². The van der Waals surface area contributed by atoms with Gasteiger partial charge in [0, 0.05) is 18.0 Å². The minimum Gasteiger partial charge on any atom is -0.337 e. The maximum Gasteiger partial charge on any atom is 0.233 e. The van der Waals surface area contributed by atoms with E-state index in [9.17, 15) is 4.79 Å². The summed E-state index contributed by atoms with van der Waals surface area (Å²) in [4.78, 5) is 16.0. The minimum atomic E-state index is 0.127. The predicted molar refractivity (Wildman–Crippen MR) is 103 cm³/mol. The number of aryl methyl sites for hydroxylation is 1. The number of thioether (sulfide) groups is 1. The molecule has 26 heavy (non-hydrogen) atoms. The van der Waals surface area contributed by atoms with Gasteiger partial charge in [0.2, 0.25) is 11.1 Å². The second kappa shape index (κ2) is 7.20. The van der Waals surface area contributed by atoms with Gasteiger partial charge in [-0.25, -0.2) is 0 Å². The lowest BCUT2D eigenvalue weighted by Crippen LogP contribution is -2.36. The molecule has 8 heteroatoms. The summed E-state index contributed by atoms with van der Waals surface area (Å²) < 4.78 is 1.72. The molecule has 4 rings (SSSR count). The molecule has 1 aromatic carbocycles. The highest BCUT2D eigenvalue weighted by molar-refractivity contribution is 7.99. The molecule has 3 heterocycles. The Morgan fingerprint density at radius 3 is 3.08 bits per heavy atom. The van der Waals surface area contributed by atoms with E-state index in [0.29, 0.717) is 17.5 Å². The van der Waals surface area contributed by atoms with Crippen LogP contribution in [-0.2, 0) is 17.8 Å². The molecule has 2 aromatic heterocycles. The second-order valence-electron chi connectivity index (χ2n) is 6.32. The maximum atomic E-state index is 12.6. The van der Waals surface area contributed by atoms with Crippen LogP contribution in [0.25, 0.3) is 5.69 Å². The minimum absolute atomic E-state index is 0.127. The van der Waals surface area contributed by atoms with Gasteiger partial charge in [-0.3, -0.25) is 4.79 Å². The zero-order valence-electron chi connectivity index (χ0n) is 14.7. The van der Waals surface area contributed by atoms with E-state index in [4.69, 9.17) is 0 Å². The lowest BCUT2D eigenvalue weighted by Gasteiger charge is -2.26. The first-order valence-electron chi connectivity index (χ1n) is 8.44. The largest absolute Gasteiger partial charge is 0.337 e. The molecule has 1 aliphatic rings. The number of amides is 1. The topological polar surface area (TPSA) is 63.9 Å². The Bertz CT molecular complexity index is 949. The van der Waals surface area contributed by atoms with Gasteiger partial charge in [0.1, 0.15) is 0 Å². The summed E-state index contributed by atoms with van der Waals surface area (Å²) in [6, 6.07) is 8.17. The SMILES string of the molecule is Cc1cccc(-n2nnnc2SCC(=O)N2CCc3sccc3C2)c1C. The summed E-state index contributed by atoms with van der Waals surface area (Å²) >= 11 is 3.17. The first-order chi connectivity index (χ1) is 12.6. The normalized spacial score (nSPS) is 13.7. The number of aromatic nitrogens is 4. The van der Waals surface area contributed by atoms with Crippen molar-refractivity contribution in [2.75, 3.05) is 12.3 Å². The quantitative estimate of drug-likeness (QED) is 0.646. The van der Waals surface area contributed by atoms with Gasteiger partial charge in [0.05, 0.1) is 11.4 Å². The molecular weight excluding hydrogens is 366 g/mol. The summed E-state index contributed by atoms with van der Waals surface area (Å²) in [5.41, 5.74) is 4.55. The molecule has 0 N–H and O–H groups in total. The number of rotatable bonds is 4. The van der Waals surface area contributed by atoms with Crippen LogP contribution in [0.4, 0.5) is 0 Å². The molecular formula is C18H19N5OS2. The molecule has 0 saturated carbocycles. The van der Waals surface area contributed by atoms with Crippen molar-refractivity contribution in [3.63, 3.8) is 0 Å². The Morgan fingerprint density at radius 2 is 2.19 bits per heavy atom. The van der Waals surface area contributed by atoms with Crippen molar-refractivity contribution in [1.29, 1.82) is 0 Å². The fourth-order valence-electron chi connectivity index (χ4n) is 3.06. The van der Waals surface area contributed by atoms with E-state index < -0.39 is 0 Å². The van der Waals surface area contributed by atoms with Crippen molar-refractivity contribution in [3.05, 3.63) is 51.2 Å². The van der Waals surface area contributed by atoms with Gasteiger partial charge in [0.25, 0.3) is 0 Å². The highest BCUT2D eigenvalue weighted by atomic mass is 32.2. The average Bonchev–Trinajstić information content (AvgIpc) is 3.30. The van der Waals surface area contributed by atoms with Gasteiger partial charge in [-0.1, -0.05) is 23.9 Å². The van der Waals surface area contributed by atoms with Crippen LogP contribution in [0.5, 0.6) is 0 Å². The van der Waals surface area contributed by atoms with Crippen molar-refractivity contribution in [2.24, 2.45) is 0 Å². The molecule has 0 bridgehead atoms. The van der Waals surface area contributed by atoms with E-state index in [2.05, 4.69) is 46.9 Å². The van der Waals surface area contributed by atoms with Gasteiger partial charge in [0.15, 0.2) is 0 Å². The molecule has 0 fully saturated rings. The molecule has 0 aliphatic carbocycles. The van der Waals surface area contributed by atoms with E-state index in [0.717, 1.165) is 24.2 Å². The van der Waals surface area contributed by atoms with Crippen molar-refractivity contribution < 1.29 is 4.79 Å². The predicted octanol–water partition coefficient (Wildman–Crippen LogP) is 3.02. The molecule has 3 aromatic rings. The van der Waals surface area contributed by atoms with Gasteiger partial charge in [-0.05, 0) is 64.9 Å². The Labute approximate surface area is 160 Å². The van der Waals surface area contributed by atoms with E-state index in [1.807, 2.05) is 17.0 Å². The number of thiophene rings is 1. The molecule has 0 unspecified atom stereocenters. The highest BCUT2D eigenvalue weighted by Crippen LogP contribution is 2.26. The first kappa shape index (κ1) is 17.2. The maximum absolute atomic E-state index is 12.6. The third-order valence-corrected chi connectivity index (χ3v) is 6.66. The van der Waals surface area contributed by atoms with Gasteiger partial charge >= 0.3 is 0 Å². The Kier molecular flexibility index (Phi) is 4.78. The Hall–Kier alpha value is -2.19. The molecule has 134 valence electrons.